The molecule has 0 saturated carbocycles. The smallest absolute Gasteiger partial charge is 0.327 e. The van der Waals surface area contributed by atoms with Gasteiger partial charge in [0.05, 0.1) is 27.2 Å². The summed E-state index contributed by atoms with van der Waals surface area (Å²) < 4.78 is 14.2. The van der Waals surface area contributed by atoms with E-state index in [4.69, 9.17) is 14.2 Å². The molecule has 0 saturated heterocycles. The van der Waals surface area contributed by atoms with Crippen molar-refractivity contribution in [1.29, 1.82) is 0 Å². The highest BCUT2D eigenvalue weighted by atomic mass is 16.5. The molecule has 0 aromatic rings. The van der Waals surface area contributed by atoms with Crippen LogP contribution in [0, 0.1) is 5.41 Å². The van der Waals surface area contributed by atoms with Crippen molar-refractivity contribution >= 4 is 17.9 Å². The molecule has 0 atom stereocenters. The fraction of sp³-hybridized carbons (Fsp3) is 0.615. The summed E-state index contributed by atoms with van der Waals surface area (Å²) in [5, 5.41) is 0. The van der Waals surface area contributed by atoms with Crippen LogP contribution in [0.5, 0.6) is 0 Å². The zero-order valence-corrected chi connectivity index (χ0v) is 11.4. The molecular formula is C13H18O6. The molecule has 0 unspecified atom stereocenters. The average molecular weight is 270 g/mol. The van der Waals surface area contributed by atoms with Gasteiger partial charge in [0.15, 0.2) is 5.41 Å². The zero-order valence-electron chi connectivity index (χ0n) is 11.4. The Balaban J connectivity index is 3.03. The van der Waals surface area contributed by atoms with Gasteiger partial charge in [-0.2, -0.15) is 0 Å². The number of methoxy groups -OCH3 is 2. The molecule has 19 heavy (non-hydrogen) atoms. The number of allylic oxidation sites excluding steroid dienone is 1. The van der Waals surface area contributed by atoms with E-state index in [0.29, 0.717) is 12.0 Å². The Morgan fingerprint density at radius 3 is 2.26 bits per heavy atom. The van der Waals surface area contributed by atoms with Crippen molar-refractivity contribution in [1.82, 2.24) is 0 Å². The van der Waals surface area contributed by atoms with E-state index in [9.17, 15) is 14.4 Å². The van der Waals surface area contributed by atoms with Crippen molar-refractivity contribution in [2.45, 2.75) is 26.2 Å². The second-order valence-electron chi connectivity index (χ2n) is 4.14. The Labute approximate surface area is 111 Å². The zero-order chi connectivity index (χ0) is 14.5. The van der Waals surface area contributed by atoms with Gasteiger partial charge < -0.3 is 14.2 Å². The molecule has 6 nitrogen and oxygen atoms in total. The first-order valence-electron chi connectivity index (χ1n) is 6.04. The van der Waals surface area contributed by atoms with Gasteiger partial charge in [0.1, 0.15) is 0 Å². The van der Waals surface area contributed by atoms with E-state index < -0.39 is 23.3 Å². The second-order valence-corrected chi connectivity index (χ2v) is 4.14. The van der Waals surface area contributed by atoms with Gasteiger partial charge >= 0.3 is 17.9 Å². The number of hydrogen-bond donors (Lipinski definition) is 0. The number of carbonyl (C=O) groups excluding carboxylic acids is 3. The van der Waals surface area contributed by atoms with Crippen LogP contribution in [0.1, 0.15) is 26.2 Å². The SMILES string of the molecule is CCOC(=O)CC1=CCCC1(C(=O)OC)C(=O)OC. The van der Waals surface area contributed by atoms with Crippen molar-refractivity contribution in [3.05, 3.63) is 11.6 Å². The molecule has 1 aliphatic rings. The predicted octanol–water partition coefficient (Wildman–Crippen LogP) is 0.992. The third kappa shape index (κ3) is 2.77. The number of hydrogen-bond acceptors (Lipinski definition) is 6. The van der Waals surface area contributed by atoms with Crippen molar-refractivity contribution in [2.24, 2.45) is 5.41 Å². The van der Waals surface area contributed by atoms with Crippen LogP contribution in [-0.4, -0.2) is 38.7 Å². The van der Waals surface area contributed by atoms with Crippen molar-refractivity contribution < 1.29 is 28.6 Å². The summed E-state index contributed by atoms with van der Waals surface area (Å²) in [7, 11) is 2.40. The average Bonchev–Trinajstić information content (AvgIpc) is 2.81. The van der Waals surface area contributed by atoms with E-state index in [-0.39, 0.29) is 19.4 Å². The van der Waals surface area contributed by atoms with Gasteiger partial charge in [-0.15, -0.1) is 0 Å². The third-order valence-electron chi connectivity index (χ3n) is 3.17. The van der Waals surface area contributed by atoms with Crippen LogP contribution in [0.25, 0.3) is 0 Å². The van der Waals surface area contributed by atoms with Gasteiger partial charge in [-0.1, -0.05) is 6.08 Å². The molecule has 0 heterocycles. The van der Waals surface area contributed by atoms with Crippen molar-refractivity contribution in [3.63, 3.8) is 0 Å². The minimum Gasteiger partial charge on any atom is -0.468 e. The Hall–Kier alpha value is -1.85. The van der Waals surface area contributed by atoms with Crippen LogP contribution in [-0.2, 0) is 28.6 Å². The predicted molar refractivity (Wildman–Crippen MR) is 65.0 cm³/mol. The maximum Gasteiger partial charge on any atom is 0.327 e. The van der Waals surface area contributed by atoms with Gasteiger partial charge in [0.25, 0.3) is 0 Å². The number of esters is 3. The van der Waals surface area contributed by atoms with Crippen LogP contribution in [0.4, 0.5) is 0 Å². The number of carbonyl (C=O) groups is 3. The summed E-state index contributed by atoms with van der Waals surface area (Å²) in [6.45, 7) is 1.93. The minimum atomic E-state index is -1.50. The topological polar surface area (TPSA) is 78.9 Å². The summed E-state index contributed by atoms with van der Waals surface area (Å²) >= 11 is 0. The highest BCUT2D eigenvalue weighted by Crippen LogP contribution is 2.43. The van der Waals surface area contributed by atoms with Gasteiger partial charge in [-0.05, 0) is 25.3 Å². The minimum absolute atomic E-state index is 0.113. The van der Waals surface area contributed by atoms with Gasteiger partial charge in [-0.3, -0.25) is 14.4 Å². The van der Waals surface area contributed by atoms with Gasteiger partial charge in [0.2, 0.25) is 0 Å². The van der Waals surface area contributed by atoms with Crippen LogP contribution < -0.4 is 0 Å². The molecule has 0 spiro atoms. The Morgan fingerprint density at radius 1 is 1.21 bits per heavy atom. The molecule has 0 aliphatic heterocycles. The lowest BCUT2D eigenvalue weighted by Gasteiger charge is -2.26. The van der Waals surface area contributed by atoms with E-state index in [0.717, 1.165) is 0 Å². The van der Waals surface area contributed by atoms with Gasteiger partial charge in [0, 0.05) is 0 Å². The standard InChI is InChI=1S/C13H18O6/c1-4-19-10(14)8-9-6-5-7-13(9,11(15)17-2)12(16)18-3/h6H,4-5,7-8H2,1-3H3. The summed E-state index contributed by atoms with van der Waals surface area (Å²) in [4.78, 5) is 35.5. The molecule has 0 radical (unpaired) electrons. The molecular weight excluding hydrogens is 252 g/mol. The summed E-state index contributed by atoms with van der Waals surface area (Å²) in [6.07, 6.45) is 2.35. The van der Waals surface area contributed by atoms with E-state index in [2.05, 4.69) is 0 Å². The first-order valence-corrected chi connectivity index (χ1v) is 6.04. The van der Waals surface area contributed by atoms with Crippen LogP contribution in [0.3, 0.4) is 0 Å². The largest absolute Gasteiger partial charge is 0.468 e. The van der Waals surface area contributed by atoms with E-state index in [1.165, 1.54) is 14.2 Å². The molecule has 0 fully saturated rings. The molecule has 1 aliphatic carbocycles. The maximum atomic E-state index is 12.0. The summed E-state index contributed by atoms with van der Waals surface area (Å²) in [5.74, 6) is -1.88. The Bertz CT molecular complexity index is 393. The maximum absolute atomic E-state index is 12.0. The summed E-state index contributed by atoms with van der Waals surface area (Å²) in [6, 6.07) is 0. The molecule has 0 bridgehead atoms. The van der Waals surface area contributed by atoms with Crippen LogP contribution in [0.15, 0.2) is 11.6 Å². The lowest BCUT2D eigenvalue weighted by molar-refractivity contribution is -0.166. The third-order valence-corrected chi connectivity index (χ3v) is 3.17. The molecule has 0 amide bonds. The highest BCUT2D eigenvalue weighted by molar-refractivity contribution is 6.04. The number of ether oxygens (including phenoxy) is 3. The Kier molecular flexibility index (Phi) is 5.09. The fourth-order valence-electron chi connectivity index (χ4n) is 2.29. The van der Waals surface area contributed by atoms with Crippen LogP contribution in [0.2, 0.25) is 0 Å². The van der Waals surface area contributed by atoms with Crippen LogP contribution >= 0.6 is 0 Å². The van der Waals surface area contributed by atoms with Crippen molar-refractivity contribution in [2.75, 3.05) is 20.8 Å². The van der Waals surface area contributed by atoms with E-state index in [1.54, 1.807) is 13.0 Å². The molecule has 0 aromatic heterocycles. The van der Waals surface area contributed by atoms with E-state index in [1.807, 2.05) is 0 Å². The molecule has 0 aromatic carbocycles. The molecule has 0 N–H and O–H groups in total. The lowest BCUT2D eigenvalue weighted by Crippen LogP contribution is -2.41. The monoisotopic (exact) mass is 270 g/mol. The Morgan fingerprint density at radius 2 is 1.79 bits per heavy atom. The molecule has 6 heteroatoms. The number of rotatable bonds is 5. The quantitative estimate of drug-likeness (QED) is 0.321. The van der Waals surface area contributed by atoms with E-state index >= 15 is 0 Å². The first-order chi connectivity index (χ1) is 9.02. The molecule has 106 valence electrons. The normalized spacial score (nSPS) is 16.5. The summed E-state index contributed by atoms with van der Waals surface area (Å²) in [5.41, 5.74) is -1.11. The molecule has 1 rings (SSSR count). The second kappa shape index (κ2) is 6.36. The lowest BCUT2D eigenvalue weighted by atomic mass is 9.79. The fourth-order valence-corrected chi connectivity index (χ4v) is 2.29. The van der Waals surface area contributed by atoms with Gasteiger partial charge in [-0.25, -0.2) is 0 Å². The first kappa shape index (κ1) is 15.2. The highest BCUT2D eigenvalue weighted by Gasteiger charge is 2.53. The van der Waals surface area contributed by atoms with Crippen molar-refractivity contribution in [3.8, 4) is 0 Å².